The van der Waals surface area contributed by atoms with E-state index in [9.17, 15) is 10.1 Å². The molecule has 0 heterocycles. The summed E-state index contributed by atoms with van der Waals surface area (Å²) in [7, 11) is 3.74. The van der Waals surface area contributed by atoms with Crippen molar-refractivity contribution in [3.63, 3.8) is 0 Å². The van der Waals surface area contributed by atoms with Crippen LogP contribution in [0.2, 0.25) is 0 Å². The van der Waals surface area contributed by atoms with Gasteiger partial charge in [-0.15, -0.1) is 0 Å². The first-order valence-electron chi connectivity index (χ1n) is 6.31. The Morgan fingerprint density at radius 2 is 2.00 bits per heavy atom. The number of rotatable bonds is 5. The largest absolute Gasteiger partial charge is 0.462 e. The fourth-order valence-corrected chi connectivity index (χ4v) is 1.58. The molecular formula is C16H18N2O2. The van der Waals surface area contributed by atoms with Gasteiger partial charge in [0.15, 0.2) is 0 Å². The molecule has 1 rings (SSSR count). The smallest absolute Gasteiger partial charge is 0.349 e. The van der Waals surface area contributed by atoms with Gasteiger partial charge >= 0.3 is 5.97 Å². The molecule has 0 unspecified atom stereocenters. The third kappa shape index (κ3) is 4.29. The molecule has 4 nitrogen and oxygen atoms in total. The molecular weight excluding hydrogens is 252 g/mol. The first-order valence-corrected chi connectivity index (χ1v) is 6.31. The Hall–Kier alpha value is -2.54. The van der Waals surface area contributed by atoms with Crippen LogP contribution in [-0.4, -0.2) is 31.6 Å². The minimum absolute atomic E-state index is 0.0103. The van der Waals surface area contributed by atoms with E-state index in [-0.39, 0.29) is 12.2 Å². The first kappa shape index (κ1) is 15.5. The predicted molar refractivity (Wildman–Crippen MR) is 78.4 cm³/mol. The molecule has 0 saturated carbocycles. The van der Waals surface area contributed by atoms with Gasteiger partial charge in [-0.3, -0.25) is 0 Å². The Kier molecular flexibility index (Phi) is 6.05. The monoisotopic (exact) mass is 270 g/mol. The molecule has 104 valence electrons. The number of benzene rings is 1. The van der Waals surface area contributed by atoms with Crippen molar-refractivity contribution in [1.29, 1.82) is 5.26 Å². The van der Waals surface area contributed by atoms with Crippen LogP contribution >= 0.6 is 0 Å². The highest BCUT2D eigenvalue weighted by atomic mass is 16.5. The summed E-state index contributed by atoms with van der Waals surface area (Å²) in [6.07, 6.45) is 3.53. The SMILES string of the molecule is CCOC(=O)C(C#N)=C(C=CN(C)C)c1ccccc1. The van der Waals surface area contributed by atoms with Crippen LogP contribution in [0.1, 0.15) is 12.5 Å². The van der Waals surface area contributed by atoms with Crippen molar-refractivity contribution in [2.24, 2.45) is 0 Å². The molecule has 0 aliphatic carbocycles. The highest BCUT2D eigenvalue weighted by molar-refractivity contribution is 6.03. The maximum Gasteiger partial charge on any atom is 0.349 e. The van der Waals surface area contributed by atoms with Crippen molar-refractivity contribution in [2.45, 2.75) is 6.92 Å². The Bertz CT molecular complexity index is 552. The van der Waals surface area contributed by atoms with E-state index in [1.54, 1.807) is 19.2 Å². The zero-order chi connectivity index (χ0) is 15.0. The van der Waals surface area contributed by atoms with Gasteiger partial charge < -0.3 is 9.64 Å². The van der Waals surface area contributed by atoms with Crippen molar-refractivity contribution < 1.29 is 9.53 Å². The Morgan fingerprint density at radius 3 is 2.50 bits per heavy atom. The van der Waals surface area contributed by atoms with Crippen LogP contribution in [0.25, 0.3) is 5.57 Å². The van der Waals surface area contributed by atoms with Gasteiger partial charge in [0.2, 0.25) is 0 Å². The van der Waals surface area contributed by atoms with E-state index in [0.717, 1.165) is 5.56 Å². The summed E-state index contributed by atoms with van der Waals surface area (Å²) >= 11 is 0. The molecule has 0 aliphatic rings. The summed E-state index contributed by atoms with van der Waals surface area (Å²) in [4.78, 5) is 13.7. The number of allylic oxidation sites excluding steroid dienone is 2. The molecule has 1 aromatic rings. The lowest BCUT2D eigenvalue weighted by Crippen LogP contribution is -2.09. The van der Waals surface area contributed by atoms with Crippen LogP contribution in [0.4, 0.5) is 0 Å². The van der Waals surface area contributed by atoms with E-state index in [0.29, 0.717) is 5.57 Å². The molecule has 0 aromatic heterocycles. The number of nitrogens with zero attached hydrogens (tertiary/aromatic N) is 2. The topological polar surface area (TPSA) is 53.3 Å². The van der Waals surface area contributed by atoms with Gasteiger partial charge in [0.05, 0.1) is 6.61 Å². The van der Waals surface area contributed by atoms with Crippen molar-refractivity contribution in [2.75, 3.05) is 20.7 Å². The summed E-state index contributed by atoms with van der Waals surface area (Å²) < 4.78 is 4.94. The van der Waals surface area contributed by atoms with Crippen LogP contribution in [0.3, 0.4) is 0 Å². The van der Waals surface area contributed by atoms with E-state index >= 15 is 0 Å². The van der Waals surface area contributed by atoms with Crippen molar-refractivity contribution >= 4 is 11.5 Å². The minimum Gasteiger partial charge on any atom is -0.462 e. The number of hydrogen-bond donors (Lipinski definition) is 0. The maximum atomic E-state index is 11.9. The third-order valence-corrected chi connectivity index (χ3v) is 2.48. The third-order valence-electron chi connectivity index (χ3n) is 2.48. The fourth-order valence-electron chi connectivity index (χ4n) is 1.58. The van der Waals surface area contributed by atoms with Gasteiger partial charge in [-0.05, 0) is 24.8 Å². The molecule has 0 radical (unpaired) electrons. The van der Waals surface area contributed by atoms with E-state index in [4.69, 9.17) is 4.74 Å². The first-order chi connectivity index (χ1) is 9.60. The molecule has 4 heteroatoms. The quantitative estimate of drug-likeness (QED) is 0.357. The zero-order valence-electron chi connectivity index (χ0n) is 12.0. The second-order valence-corrected chi connectivity index (χ2v) is 4.27. The molecule has 0 fully saturated rings. The van der Waals surface area contributed by atoms with Gasteiger partial charge in [-0.1, -0.05) is 30.3 Å². The maximum absolute atomic E-state index is 11.9. The average molecular weight is 270 g/mol. The molecule has 20 heavy (non-hydrogen) atoms. The second kappa shape index (κ2) is 7.80. The molecule has 0 saturated heterocycles. The van der Waals surface area contributed by atoms with E-state index in [2.05, 4.69) is 0 Å². The van der Waals surface area contributed by atoms with Crippen molar-refractivity contribution in [1.82, 2.24) is 4.90 Å². The van der Waals surface area contributed by atoms with Crippen molar-refractivity contribution in [3.8, 4) is 6.07 Å². The summed E-state index contributed by atoms with van der Waals surface area (Å²) in [5.41, 5.74) is 1.37. The highest BCUT2D eigenvalue weighted by Gasteiger charge is 2.16. The fraction of sp³-hybridized carbons (Fsp3) is 0.250. The molecule has 0 spiro atoms. The predicted octanol–water partition coefficient (Wildman–Crippen LogP) is 2.60. The molecule has 0 amide bonds. The van der Waals surface area contributed by atoms with E-state index in [1.807, 2.05) is 55.4 Å². The van der Waals surface area contributed by atoms with Crippen LogP contribution in [-0.2, 0) is 9.53 Å². The molecule has 0 aliphatic heterocycles. The molecule has 1 aromatic carbocycles. The normalized spacial score (nSPS) is 11.7. The minimum atomic E-state index is -0.600. The molecule has 0 bridgehead atoms. The Labute approximate surface area is 119 Å². The number of esters is 1. The zero-order valence-corrected chi connectivity index (χ0v) is 12.0. The summed E-state index contributed by atoms with van der Waals surface area (Å²) in [6.45, 7) is 1.95. The lowest BCUT2D eigenvalue weighted by Gasteiger charge is -2.09. The van der Waals surface area contributed by atoms with Crippen molar-refractivity contribution in [3.05, 3.63) is 53.7 Å². The average Bonchev–Trinajstić information content (AvgIpc) is 2.44. The van der Waals surface area contributed by atoms with Crippen LogP contribution in [0, 0.1) is 11.3 Å². The summed E-state index contributed by atoms with van der Waals surface area (Å²) in [5.74, 6) is -0.600. The van der Waals surface area contributed by atoms with Gasteiger partial charge in [-0.2, -0.15) is 5.26 Å². The van der Waals surface area contributed by atoms with Gasteiger partial charge in [-0.25, -0.2) is 4.79 Å². The lowest BCUT2D eigenvalue weighted by atomic mass is 10.0. The lowest BCUT2D eigenvalue weighted by molar-refractivity contribution is -0.137. The number of carbonyl (C=O) groups is 1. The Morgan fingerprint density at radius 1 is 1.35 bits per heavy atom. The highest BCUT2D eigenvalue weighted by Crippen LogP contribution is 2.21. The van der Waals surface area contributed by atoms with Crippen LogP contribution < -0.4 is 0 Å². The number of carbonyl (C=O) groups excluding carboxylic acids is 1. The van der Waals surface area contributed by atoms with Crippen LogP contribution in [0.5, 0.6) is 0 Å². The number of ether oxygens (including phenoxy) is 1. The second-order valence-electron chi connectivity index (χ2n) is 4.27. The van der Waals surface area contributed by atoms with E-state index < -0.39 is 5.97 Å². The Balaban J connectivity index is 3.35. The summed E-state index contributed by atoms with van der Waals surface area (Å²) in [6, 6.07) is 11.3. The summed E-state index contributed by atoms with van der Waals surface area (Å²) in [5, 5.41) is 9.26. The molecule has 0 atom stereocenters. The van der Waals surface area contributed by atoms with E-state index in [1.165, 1.54) is 0 Å². The van der Waals surface area contributed by atoms with Crippen LogP contribution in [0.15, 0.2) is 48.2 Å². The van der Waals surface area contributed by atoms with Gasteiger partial charge in [0, 0.05) is 19.7 Å². The van der Waals surface area contributed by atoms with Gasteiger partial charge in [0.25, 0.3) is 0 Å². The molecule has 0 N–H and O–H groups in total. The number of nitriles is 1. The van der Waals surface area contributed by atoms with Gasteiger partial charge in [0.1, 0.15) is 11.6 Å². The number of hydrogen-bond acceptors (Lipinski definition) is 4. The standard InChI is InChI=1S/C16H18N2O2/c1-4-20-16(19)15(12-17)14(10-11-18(2)3)13-8-6-5-7-9-13/h5-11H,4H2,1-3H3.